The van der Waals surface area contributed by atoms with Gasteiger partial charge in [0.25, 0.3) is 11.8 Å². The molecule has 3 rings (SSSR count). The van der Waals surface area contributed by atoms with Gasteiger partial charge < -0.3 is 10.1 Å². The van der Waals surface area contributed by atoms with Crippen LogP contribution < -0.4 is 5.32 Å². The van der Waals surface area contributed by atoms with Crippen molar-refractivity contribution < 1.29 is 23.9 Å². The second-order valence-corrected chi connectivity index (χ2v) is 6.93. The molecule has 0 saturated heterocycles. The Labute approximate surface area is 164 Å². The van der Waals surface area contributed by atoms with Gasteiger partial charge in [-0.2, -0.15) is 5.26 Å². The SMILES string of the molecule is C[C@H](OC(=O)CN1C(=O)Cc2ccccc2C1=O)C(=O)Nc1sccc1C#N. The molecule has 0 spiro atoms. The minimum absolute atomic E-state index is 0.0144. The van der Waals surface area contributed by atoms with Gasteiger partial charge in [-0.3, -0.25) is 24.1 Å². The molecule has 0 radical (unpaired) electrons. The average molecular weight is 397 g/mol. The second-order valence-electron chi connectivity index (χ2n) is 6.02. The van der Waals surface area contributed by atoms with Crippen molar-refractivity contribution in [2.75, 3.05) is 11.9 Å². The average Bonchev–Trinajstić information content (AvgIpc) is 3.12. The van der Waals surface area contributed by atoms with E-state index < -0.39 is 36.3 Å². The first-order valence-corrected chi connectivity index (χ1v) is 9.19. The highest BCUT2D eigenvalue weighted by atomic mass is 32.1. The molecular formula is C19H15N3O5S. The molecule has 1 N–H and O–H groups in total. The molecule has 1 aromatic heterocycles. The van der Waals surface area contributed by atoms with Crippen LogP contribution in [0.15, 0.2) is 35.7 Å². The molecule has 0 fully saturated rings. The Kier molecular flexibility index (Phi) is 5.52. The number of benzene rings is 1. The highest BCUT2D eigenvalue weighted by Gasteiger charge is 2.33. The largest absolute Gasteiger partial charge is 0.451 e. The summed E-state index contributed by atoms with van der Waals surface area (Å²) in [6.45, 7) is 0.786. The minimum Gasteiger partial charge on any atom is -0.451 e. The van der Waals surface area contributed by atoms with E-state index >= 15 is 0 Å². The van der Waals surface area contributed by atoms with Crippen molar-refractivity contribution in [2.24, 2.45) is 0 Å². The summed E-state index contributed by atoms with van der Waals surface area (Å²) in [5.74, 6) is -2.57. The van der Waals surface area contributed by atoms with Gasteiger partial charge in [0.15, 0.2) is 6.10 Å². The van der Waals surface area contributed by atoms with E-state index in [0.29, 0.717) is 21.7 Å². The van der Waals surface area contributed by atoms with Crippen molar-refractivity contribution in [2.45, 2.75) is 19.4 Å². The Bertz CT molecular complexity index is 1010. The molecule has 3 amide bonds. The summed E-state index contributed by atoms with van der Waals surface area (Å²) in [6, 6.07) is 10.2. The molecule has 1 atom stereocenters. The number of nitriles is 1. The van der Waals surface area contributed by atoms with Crippen LogP contribution in [-0.4, -0.2) is 41.2 Å². The van der Waals surface area contributed by atoms with Gasteiger partial charge in [-0.05, 0) is 30.0 Å². The molecule has 1 aliphatic rings. The maximum absolute atomic E-state index is 12.5. The topological polar surface area (TPSA) is 117 Å². The maximum Gasteiger partial charge on any atom is 0.326 e. The number of nitrogens with one attached hydrogen (secondary N) is 1. The molecule has 0 bridgehead atoms. The third-order valence-corrected chi connectivity index (χ3v) is 4.95. The third-order valence-electron chi connectivity index (χ3n) is 4.12. The Morgan fingerprint density at radius 1 is 1.32 bits per heavy atom. The molecule has 2 heterocycles. The van der Waals surface area contributed by atoms with E-state index in [9.17, 15) is 19.2 Å². The third kappa shape index (κ3) is 3.92. The first-order chi connectivity index (χ1) is 13.4. The number of nitrogens with zero attached hydrogens (tertiary/aromatic N) is 2. The van der Waals surface area contributed by atoms with Crippen LogP contribution in [-0.2, 0) is 25.5 Å². The lowest BCUT2D eigenvalue weighted by molar-refractivity contribution is -0.155. The van der Waals surface area contributed by atoms with Crippen LogP contribution in [0.2, 0.25) is 0 Å². The van der Waals surface area contributed by atoms with Crippen molar-refractivity contribution in [1.82, 2.24) is 4.90 Å². The number of esters is 1. The lowest BCUT2D eigenvalue weighted by Crippen LogP contribution is -2.46. The van der Waals surface area contributed by atoms with Gasteiger partial charge in [-0.15, -0.1) is 11.3 Å². The van der Waals surface area contributed by atoms with Crippen LogP contribution in [0.5, 0.6) is 0 Å². The van der Waals surface area contributed by atoms with Crippen molar-refractivity contribution in [3.8, 4) is 6.07 Å². The number of anilines is 1. The van der Waals surface area contributed by atoms with E-state index in [-0.39, 0.29) is 6.42 Å². The first-order valence-electron chi connectivity index (χ1n) is 8.31. The smallest absolute Gasteiger partial charge is 0.326 e. The van der Waals surface area contributed by atoms with Crippen LogP contribution in [0.4, 0.5) is 5.00 Å². The number of carbonyl (C=O) groups excluding carboxylic acids is 4. The van der Waals surface area contributed by atoms with Gasteiger partial charge in [0.05, 0.1) is 12.0 Å². The van der Waals surface area contributed by atoms with Gasteiger partial charge in [-0.1, -0.05) is 18.2 Å². The number of amides is 3. The predicted molar refractivity (Wildman–Crippen MR) is 99.4 cm³/mol. The number of carbonyl (C=O) groups is 4. The van der Waals surface area contributed by atoms with E-state index in [0.717, 1.165) is 4.90 Å². The summed E-state index contributed by atoms with van der Waals surface area (Å²) in [7, 11) is 0. The fourth-order valence-corrected chi connectivity index (χ4v) is 3.43. The first kappa shape index (κ1) is 19.3. The van der Waals surface area contributed by atoms with Crippen LogP contribution in [0.3, 0.4) is 0 Å². The number of imide groups is 1. The highest BCUT2D eigenvalue weighted by molar-refractivity contribution is 7.14. The molecular weight excluding hydrogens is 382 g/mol. The van der Waals surface area contributed by atoms with Gasteiger partial charge in [0.2, 0.25) is 5.91 Å². The fraction of sp³-hybridized carbons (Fsp3) is 0.211. The molecule has 8 nitrogen and oxygen atoms in total. The van der Waals surface area contributed by atoms with Crippen molar-refractivity contribution in [3.05, 3.63) is 52.4 Å². The van der Waals surface area contributed by atoms with Crippen molar-refractivity contribution in [3.63, 3.8) is 0 Å². The molecule has 142 valence electrons. The van der Waals surface area contributed by atoms with Gasteiger partial charge in [0, 0.05) is 5.56 Å². The Hall–Kier alpha value is -3.51. The number of hydrogen-bond donors (Lipinski definition) is 1. The van der Waals surface area contributed by atoms with Gasteiger partial charge in [0.1, 0.15) is 17.6 Å². The van der Waals surface area contributed by atoms with E-state index in [4.69, 9.17) is 10.00 Å². The second kappa shape index (κ2) is 8.02. The van der Waals surface area contributed by atoms with E-state index in [1.807, 2.05) is 6.07 Å². The summed E-state index contributed by atoms with van der Waals surface area (Å²) in [5.41, 5.74) is 1.28. The zero-order valence-electron chi connectivity index (χ0n) is 14.8. The monoisotopic (exact) mass is 397 g/mol. The zero-order valence-corrected chi connectivity index (χ0v) is 15.6. The fourth-order valence-electron chi connectivity index (χ4n) is 2.68. The summed E-state index contributed by atoms with van der Waals surface area (Å²) in [4.78, 5) is 49.8. The molecule has 0 saturated carbocycles. The number of hydrogen-bond acceptors (Lipinski definition) is 7. The highest BCUT2D eigenvalue weighted by Crippen LogP contribution is 2.23. The Balaban J connectivity index is 1.61. The van der Waals surface area contributed by atoms with Crippen molar-refractivity contribution >= 4 is 40.0 Å². The van der Waals surface area contributed by atoms with Crippen LogP contribution in [0, 0.1) is 11.3 Å². The molecule has 9 heteroatoms. The number of ether oxygens (including phenoxy) is 1. The summed E-state index contributed by atoms with van der Waals surface area (Å²) >= 11 is 1.17. The van der Waals surface area contributed by atoms with E-state index in [2.05, 4.69) is 5.32 Å². The van der Waals surface area contributed by atoms with Gasteiger partial charge >= 0.3 is 5.97 Å². The Morgan fingerprint density at radius 2 is 2.07 bits per heavy atom. The van der Waals surface area contributed by atoms with E-state index in [1.165, 1.54) is 18.3 Å². The molecule has 1 aliphatic heterocycles. The number of thiophene rings is 1. The van der Waals surface area contributed by atoms with Crippen LogP contribution in [0.1, 0.15) is 28.4 Å². The summed E-state index contributed by atoms with van der Waals surface area (Å²) in [5, 5.41) is 13.5. The summed E-state index contributed by atoms with van der Waals surface area (Å²) < 4.78 is 5.05. The molecule has 0 aliphatic carbocycles. The van der Waals surface area contributed by atoms with Crippen LogP contribution >= 0.6 is 11.3 Å². The number of rotatable bonds is 5. The molecule has 0 unspecified atom stereocenters. The number of fused-ring (bicyclic) bond motifs is 1. The lowest BCUT2D eigenvalue weighted by Gasteiger charge is -2.26. The molecule has 28 heavy (non-hydrogen) atoms. The minimum atomic E-state index is -1.16. The lowest BCUT2D eigenvalue weighted by atomic mass is 9.98. The Morgan fingerprint density at radius 3 is 2.82 bits per heavy atom. The molecule has 2 aromatic rings. The standard InChI is InChI=1S/C19H15N3O5S/c1-11(17(25)21-18-13(9-20)6-7-28-18)27-16(24)10-22-15(23)8-12-4-2-3-5-14(12)19(22)26/h2-7,11H,8,10H2,1H3,(H,21,25)/t11-/m0/s1. The summed E-state index contributed by atoms with van der Waals surface area (Å²) in [6.07, 6.45) is -1.15. The van der Waals surface area contributed by atoms with E-state index in [1.54, 1.807) is 35.7 Å². The van der Waals surface area contributed by atoms with Crippen molar-refractivity contribution in [1.29, 1.82) is 5.26 Å². The maximum atomic E-state index is 12.5. The normalized spacial score (nSPS) is 14.1. The predicted octanol–water partition coefficient (Wildman–Crippen LogP) is 1.72. The molecule has 1 aromatic carbocycles. The quantitative estimate of drug-likeness (QED) is 0.606. The van der Waals surface area contributed by atoms with Gasteiger partial charge in [-0.25, -0.2) is 0 Å². The van der Waals surface area contributed by atoms with Crippen LogP contribution in [0.25, 0.3) is 0 Å². The zero-order chi connectivity index (χ0) is 20.3.